The molecule has 0 saturated heterocycles. The van der Waals surface area contributed by atoms with Crippen molar-refractivity contribution >= 4 is 17.4 Å². The van der Waals surface area contributed by atoms with E-state index in [0.29, 0.717) is 23.3 Å². The number of nitrogens with one attached hydrogen (secondary N) is 2. The molecule has 2 rings (SSSR count). The van der Waals surface area contributed by atoms with Crippen LogP contribution in [-0.2, 0) is 0 Å². The summed E-state index contributed by atoms with van der Waals surface area (Å²) in [5.74, 6) is 1.65. The number of amides is 1. The number of carbonyl (C=O) groups excluding carboxylic acids is 1. The highest BCUT2D eigenvalue weighted by atomic mass is 16.1. The second-order valence-corrected chi connectivity index (χ2v) is 6.12. The van der Waals surface area contributed by atoms with Crippen molar-refractivity contribution in [2.45, 2.75) is 34.1 Å². The number of nitrogens with zero attached hydrogens (tertiary/aromatic N) is 2. The van der Waals surface area contributed by atoms with Crippen LogP contribution in [-0.4, -0.2) is 22.4 Å². The third-order valence-electron chi connectivity index (χ3n) is 3.41. The van der Waals surface area contributed by atoms with Crippen LogP contribution >= 0.6 is 0 Å². The Kier molecular flexibility index (Phi) is 5.68. The average molecular weight is 312 g/mol. The molecule has 0 atom stereocenters. The van der Waals surface area contributed by atoms with Crippen LogP contribution in [0, 0.1) is 19.8 Å². The molecule has 23 heavy (non-hydrogen) atoms. The van der Waals surface area contributed by atoms with Crippen LogP contribution in [0.5, 0.6) is 0 Å². The van der Waals surface area contributed by atoms with E-state index in [0.717, 1.165) is 24.2 Å². The first-order chi connectivity index (χ1) is 10.9. The highest BCUT2D eigenvalue weighted by Crippen LogP contribution is 2.12. The molecule has 0 aliphatic rings. The van der Waals surface area contributed by atoms with E-state index in [9.17, 15) is 4.79 Å². The Labute approximate surface area is 137 Å². The Hall–Kier alpha value is -2.43. The zero-order chi connectivity index (χ0) is 16.8. The highest BCUT2D eigenvalue weighted by molar-refractivity contribution is 6.03. The van der Waals surface area contributed by atoms with Crippen LogP contribution < -0.4 is 10.6 Å². The molecule has 1 aromatic heterocycles. The number of rotatable bonds is 6. The quantitative estimate of drug-likeness (QED) is 0.851. The van der Waals surface area contributed by atoms with Gasteiger partial charge in [0.15, 0.2) is 0 Å². The van der Waals surface area contributed by atoms with Gasteiger partial charge in [-0.1, -0.05) is 31.5 Å². The second kappa shape index (κ2) is 7.72. The summed E-state index contributed by atoms with van der Waals surface area (Å²) in [7, 11) is 0. The van der Waals surface area contributed by atoms with E-state index >= 15 is 0 Å². The molecule has 0 radical (unpaired) electrons. The molecule has 0 fully saturated rings. The topological polar surface area (TPSA) is 66.9 Å². The van der Waals surface area contributed by atoms with E-state index in [1.165, 1.54) is 0 Å². The van der Waals surface area contributed by atoms with Gasteiger partial charge in [-0.2, -0.15) is 0 Å². The van der Waals surface area contributed by atoms with Crippen LogP contribution in [0.3, 0.4) is 0 Å². The third kappa shape index (κ3) is 5.36. The van der Waals surface area contributed by atoms with Gasteiger partial charge in [-0.05, 0) is 38.3 Å². The molecule has 0 spiro atoms. The molecule has 5 heteroatoms. The molecule has 0 aliphatic heterocycles. The van der Waals surface area contributed by atoms with Crippen molar-refractivity contribution in [2.75, 3.05) is 17.2 Å². The molecule has 1 amide bonds. The van der Waals surface area contributed by atoms with E-state index < -0.39 is 0 Å². The summed E-state index contributed by atoms with van der Waals surface area (Å²) >= 11 is 0. The maximum absolute atomic E-state index is 12.4. The van der Waals surface area contributed by atoms with Crippen LogP contribution in [0.1, 0.15) is 42.1 Å². The average Bonchev–Trinajstić information content (AvgIpc) is 2.48. The summed E-state index contributed by atoms with van der Waals surface area (Å²) in [5.41, 5.74) is 2.27. The number of carbonyl (C=O) groups is 1. The summed E-state index contributed by atoms with van der Waals surface area (Å²) in [6, 6.07) is 9.36. The maximum Gasteiger partial charge on any atom is 0.274 e. The lowest BCUT2D eigenvalue weighted by Gasteiger charge is -2.10. The summed E-state index contributed by atoms with van der Waals surface area (Å²) < 4.78 is 0. The Morgan fingerprint density at radius 1 is 1.13 bits per heavy atom. The molecule has 2 N–H and O–H groups in total. The smallest absolute Gasteiger partial charge is 0.274 e. The van der Waals surface area contributed by atoms with Crippen LogP contribution in [0.15, 0.2) is 30.3 Å². The molecule has 0 saturated carbocycles. The Morgan fingerprint density at radius 2 is 1.83 bits per heavy atom. The molecule has 0 bridgehead atoms. The van der Waals surface area contributed by atoms with Gasteiger partial charge in [0.25, 0.3) is 5.91 Å². The van der Waals surface area contributed by atoms with Crippen molar-refractivity contribution in [3.8, 4) is 0 Å². The van der Waals surface area contributed by atoms with Crippen LogP contribution in [0.25, 0.3) is 0 Å². The van der Waals surface area contributed by atoms with Crippen molar-refractivity contribution in [1.82, 2.24) is 9.97 Å². The third-order valence-corrected chi connectivity index (χ3v) is 3.41. The first-order valence-corrected chi connectivity index (χ1v) is 7.91. The van der Waals surface area contributed by atoms with Crippen molar-refractivity contribution in [3.63, 3.8) is 0 Å². The first-order valence-electron chi connectivity index (χ1n) is 7.91. The van der Waals surface area contributed by atoms with Gasteiger partial charge < -0.3 is 10.6 Å². The lowest BCUT2D eigenvalue weighted by Crippen LogP contribution is -2.16. The van der Waals surface area contributed by atoms with E-state index in [1.807, 2.05) is 31.2 Å². The van der Waals surface area contributed by atoms with E-state index in [-0.39, 0.29) is 5.91 Å². The molecule has 0 aliphatic carbocycles. The van der Waals surface area contributed by atoms with Gasteiger partial charge >= 0.3 is 0 Å². The minimum Gasteiger partial charge on any atom is -0.370 e. The van der Waals surface area contributed by atoms with E-state index in [2.05, 4.69) is 34.4 Å². The molecule has 1 heterocycles. The molecular weight excluding hydrogens is 288 g/mol. The van der Waals surface area contributed by atoms with Gasteiger partial charge in [-0.25, -0.2) is 9.97 Å². The van der Waals surface area contributed by atoms with Crippen molar-refractivity contribution in [1.29, 1.82) is 0 Å². The molecular formula is C18H24N4O. The van der Waals surface area contributed by atoms with Gasteiger partial charge in [0.2, 0.25) is 0 Å². The van der Waals surface area contributed by atoms with Gasteiger partial charge in [-0.3, -0.25) is 4.79 Å². The van der Waals surface area contributed by atoms with E-state index in [4.69, 9.17) is 0 Å². The standard InChI is InChI=1S/C18H24N4O/c1-12(2)9-10-19-17-11-16(20-14(4)21-17)18(23)22-15-7-5-13(3)6-8-15/h5-8,11-12H,9-10H2,1-4H3,(H,22,23)(H,19,20,21). The summed E-state index contributed by atoms with van der Waals surface area (Å²) in [4.78, 5) is 20.9. The SMILES string of the molecule is Cc1ccc(NC(=O)c2cc(NCCC(C)C)nc(C)n2)cc1. The Morgan fingerprint density at radius 3 is 2.48 bits per heavy atom. The normalized spacial score (nSPS) is 10.7. The number of hydrogen-bond acceptors (Lipinski definition) is 4. The molecule has 0 unspecified atom stereocenters. The lowest BCUT2D eigenvalue weighted by atomic mass is 10.1. The first kappa shape index (κ1) is 16.9. The number of anilines is 2. The molecule has 122 valence electrons. The maximum atomic E-state index is 12.4. The summed E-state index contributed by atoms with van der Waals surface area (Å²) in [6.45, 7) is 8.97. The predicted octanol–water partition coefficient (Wildman–Crippen LogP) is 3.80. The van der Waals surface area contributed by atoms with Crippen LogP contribution in [0.2, 0.25) is 0 Å². The van der Waals surface area contributed by atoms with Crippen molar-refractivity contribution < 1.29 is 4.79 Å². The van der Waals surface area contributed by atoms with E-state index in [1.54, 1.807) is 13.0 Å². The number of aryl methyl sites for hydroxylation is 2. The fraction of sp³-hybridized carbons (Fsp3) is 0.389. The monoisotopic (exact) mass is 312 g/mol. The lowest BCUT2D eigenvalue weighted by molar-refractivity contribution is 0.102. The largest absolute Gasteiger partial charge is 0.370 e. The molecule has 2 aromatic rings. The zero-order valence-corrected chi connectivity index (χ0v) is 14.2. The Balaban J connectivity index is 2.07. The minimum absolute atomic E-state index is 0.230. The molecule has 1 aromatic carbocycles. The second-order valence-electron chi connectivity index (χ2n) is 6.12. The number of benzene rings is 1. The fourth-order valence-electron chi connectivity index (χ4n) is 2.10. The van der Waals surface area contributed by atoms with Crippen molar-refractivity contribution in [2.24, 2.45) is 5.92 Å². The van der Waals surface area contributed by atoms with Crippen LogP contribution in [0.4, 0.5) is 11.5 Å². The van der Waals surface area contributed by atoms with Crippen molar-refractivity contribution in [3.05, 3.63) is 47.4 Å². The molecule has 5 nitrogen and oxygen atoms in total. The highest BCUT2D eigenvalue weighted by Gasteiger charge is 2.11. The minimum atomic E-state index is -0.230. The van der Waals surface area contributed by atoms with Gasteiger partial charge in [0, 0.05) is 18.3 Å². The number of hydrogen-bond donors (Lipinski definition) is 2. The fourth-order valence-corrected chi connectivity index (χ4v) is 2.10. The summed E-state index contributed by atoms with van der Waals surface area (Å²) in [6.07, 6.45) is 1.05. The summed E-state index contributed by atoms with van der Waals surface area (Å²) in [5, 5.41) is 6.11. The Bertz CT molecular complexity index is 665. The number of aromatic nitrogens is 2. The van der Waals surface area contributed by atoms with Gasteiger partial charge in [0.05, 0.1) is 0 Å². The predicted molar refractivity (Wildman–Crippen MR) is 93.8 cm³/mol. The van der Waals surface area contributed by atoms with Gasteiger partial charge in [0.1, 0.15) is 17.3 Å². The zero-order valence-electron chi connectivity index (χ0n) is 14.2. The van der Waals surface area contributed by atoms with Gasteiger partial charge in [-0.15, -0.1) is 0 Å².